The van der Waals surface area contributed by atoms with Gasteiger partial charge in [0, 0.05) is 30.0 Å². The van der Waals surface area contributed by atoms with Gasteiger partial charge in [0.15, 0.2) is 22.8 Å². The number of pyridine rings is 1. The zero-order valence-corrected chi connectivity index (χ0v) is 24.4. The zero-order valence-electron chi connectivity index (χ0n) is 22.0. The summed E-state index contributed by atoms with van der Waals surface area (Å²) in [6, 6.07) is 18.9. The van der Waals surface area contributed by atoms with E-state index in [1.807, 2.05) is 6.07 Å². The molecule has 2 aromatic carbocycles. The summed E-state index contributed by atoms with van der Waals surface area (Å²) >= 11 is 5.46. The summed E-state index contributed by atoms with van der Waals surface area (Å²) in [5.41, 5.74) is 4.37. The highest BCUT2D eigenvalue weighted by molar-refractivity contribution is 9.10. The van der Waals surface area contributed by atoms with Gasteiger partial charge in [-0.05, 0) is 77.2 Å². The number of fused-ring (bicyclic) bond motifs is 1. The summed E-state index contributed by atoms with van der Waals surface area (Å²) in [6.45, 7) is 5.03. The molecule has 2 unspecified atom stereocenters. The lowest BCUT2D eigenvalue weighted by Crippen LogP contribution is -2.23. The minimum atomic E-state index is -0.150. The molecule has 38 heavy (non-hydrogen) atoms. The molecule has 1 aromatic heterocycles. The summed E-state index contributed by atoms with van der Waals surface area (Å²) in [5, 5.41) is 0. The van der Waals surface area contributed by atoms with Gasteiger partial charge in [0.25, 0.3) is 0 Å². The lowest BCUT2D eigenvalue weighted by molar-refractivity contribution is 0.154. The minimum absolute atomic E-state index is 0.0309. The van der Waals surface area contributed by atoms with Gasteiger partial charge in [0.1, 0.15) is 10.6 Å². The van der Waals surface area contributed by atoms with Crippen LogP contribution in [-0.2, 0) is 15.9 Å². The van der Waals surface area contributed by atoms with Gasteiger partial charge >= 0.3 is 0 Å². The third-order valence-corrected chi connectivity index (χ3v) is 8.58. The van der Waals surface area contributed by atoms with E-state index in [2.05, 4.69) is 78.3 Å². The van der Waals surface area contributed by atoms with Crippen molar-refractivity contribution in [1.29, 1.82) is 0 Å². The van der Waals surface area contributed by atoms with Crippen molar-refractivity contribution >= 4 is 33.6 Å². The van der Waals surface area contributed by atoms with Crippen molar-refractivity contribution < 1.29 is 18.9 Å². The summed E-state index contributed by atoms with van der Waals surface area (Å²) in [5.74, 6) is 2.22. The Balaban J connectivity index is 1.42. The first-order valence-corrected chi connectivity index (χ1v) is 14.7. The number of halogens is 1. The molecule has 2 aliphatic heterocycles. The second-order valence-electron chi connectivity index (χ2n) is 9.62. The van der Waals surface area contributed by atoms with Crippen LogP contribution in [0.25, 0.3) is 0 Å². The summed E-state index contributed by atoms with van der Waals surface area (Å²) in [6.07, 6.45) is 3.83. The van der Waals surface area contributed by atoms with Crippen LogP contribution in [0.15, 0.2) is 69.1 Å². The number of unbranched alkanes of at least 4 members (excludes halogenated alkanes) is 1. The lowest BCUT2D eigenvalue weighted by atomic mass is 9.89. The monoisotopic (exact) mass is 596 g/mol. The molecule has 0 amide bonds. The highest BCUT2D eigenvalue weighted by Gasteiger charge is 2.34. The Hall–Kier alpha value is -2.55. The standard InChI is InChI=1S/C30H33BrN2O4S/c1-4-5-6-21-10-13-23(29(31)32-21)24(20-9-14-26-27(15-20)36-18-35-26)16-28-33-25(17-34-3)30(37-28)38-22-11-7-19(2)8-12-22/h7-15,24-25,30H,4-6,16-18H2,1-3H3/t24-,25?,30?/m0/s1. The first-order valence-electron chi connectivity index (χ1n) is 13.0. The van der Waals surface area contributed by atoms with Crippen LogP contribution < -0.4 is 9.47 Å². The number of nitrogens with zero attached hydrogens (tertiary/aromatic N) is 2. The lowest BCUT2D eigenvalue weighted by Gasteiger charge is -2.21. The molecule has 0 fully saturated rings. The average molecular weight is 598 g/mol. The number of rotatable bonds is 11. The van der Waals surface area contributed by atoms with E-state index in [0.29, 0.717) is 13.0 Å². The van der Waals surface area contributed by atoms with E-state index in [-0.39, 0.29) is 24.2 Å². The van der Waals surface area contributed by atoms with Gasteiger partial charge in [0.2, 0.25) is 6.79 Å². The predicted molar refractivity (Wildman–Crippen MR) is 155 cm³/mol. The number of aliphatic imine (C=N–C) groups is 1. The Kier molecular flexibility index (Phi) is 8.92. The molecule has 2 aliphatic rings. The zero-order chi connectivity index (χ0) is 26.5. The van der Waals surface area contributed by atoms with Gasteiger partial charge < -0.3 is 18.9 Å². The van der Waals surface area contributed by atoms with Crippen LogP contribution in [0.1, 0.15) is 54.5 Å². The number of aromatic nitrogens is 1. The molecule has 3 atom stereocenters. The normalized spacial score (nSPS) is 18.8. The van der Waals surface area contributed by atoms with Crippen LogP contribution in [0, 0.1) is 6.92 Å². The Morgan fingerprint density at radius 1 is 1.08 bits per heavy atom. The molecule has 3 heterocycles. The van der Waals surface area contributed by atoms with Crippen LogP contribution in [0.4, 0.5) is 0 Å². The molecular formula is C30H33BrN2O4S. The molecule has 200 valence electrons. The third kappa shape index (κ3) is 6.35. The second-order valence-corrected chi connectivity index (χ2v) is 11.5. The number of ether oxygens (including phenoxy) is 4. The molecular weight excluding hydrogens is 564 g/mol. The molecule has 6 nitrogen and oxygen atoms in total. The maximum Gasteiger partial charge on any atom is 0.231 e. The van der Waals surface area contributed by atoms with Crippen molar-refractivity contribution in [3.05, 3.63) is 81.6 Å². The van der Waals surface area contributed by atoms with Crippen molar-refractivity contribution in [1.82, 2.24) is 4.98 Å². The van der Waals surface area contributed by atoms with Gasteiger partial charge in [-0.3, -0.25) is 0 Å². The van der Waals surface area contributed by atoms with Crippen molar-refractivity contribution in [2.75, 3.05) is 20.5 Å². The molecule has 0 bridgehead atoms. The van der Waals surface area contributed by atoms with E-state index in [1.165, 1.54) is 5.56 Å². The fourth-order valence-electron chi connectivity index (χ4n) is 4.68. The molecule has 0 radical (unpaired) electrons. The molecule has 0 N–H and O–H groups in total. The van der Waals surface area contributed by atoms with Gasteiger partial charge in [-0.1, -0.05) is 54.9 Å². The van der Waals surface area contributed by atoms with Crippen molar-refractivity contribution in [3.8, 4) is 11.5 Å². The number of thioether (sulfide) groups is 1. The molecule has 0 aliphatic carbocycles. The van der Waals surface area contributed by atoms with Crippen LogP contribution in [0.3, 0.4) is 0 Å². The van der Waals surface area contributed by atoms with Crippen LogP contribution in [0.2, 0.25) is 0 Å². The van der Waals surface area contributed by atoms with Crippen molar-refractivity contribution in [3.63, 3.8) is 0 Å². The SMILES string of the molecule is CCCCc1ccc([C@@H](CC2=NC(COC)C(Sc3ccc(C)cc3)O2)c2ccc3c(c2)OCO3)c(Br)n1. The molecule has 5 rings (SSSR count). The Bertz CT molecular complexity index is 1280. The minimum Gasteiger partial charge on any atom is -0.464 e. The summed E-state index contributed by atoms with van der Waals surface area (Å²) in [4.78, 5) is 11.0. The topological polar surface area (TPSA) is 62.2 Å². The molecule has 0 saturated carbocycles. The van der Waals surface area contributed by atoms with Gasteiger partial charge in [-0.15, -0.1) is 0 Å². The maximum absolute atomic E-state index is 6.48. The van der Waals surface area contributed by atoms with E-state index >= 15 is 0 Å². The number of hydrogen-bond donors (Lipinski definition) is 0. The molecule has 3 aromatic rings. The Labute approximate surface area is 237 Å². The highest BCUT2D eigenvalue weighted by Crippen LogP contribution is 2.41. The first-order chi connectivity index (χ1) is 18.5. The number of hydrogen-bond acceptors (Lipinski definition) is 7. The smallest absolute Gasteiger partial charge is 0.231 e. The van der Waals surface area contributed by atoms with Gasteiger partial charge in [-0.25, -0.2) is 9.98 Å². The second kappa shape index (κ2) is 12.5. The van der Waals surface area contributed by atoms with Crippen molar-refractivity contribution in [2.24, 2.45) is 4.99 Å². The average Bonchev–Trinajstić information content (AvgIpc) is 3.54. The predicted octanol–water partition coefficient (Wildman–Crippen LogP) is 7.31. The number of benzene rings is 2. The number of methoxy groups -OCH3 is 1. The quantitative estimate of drug-likeness (QED) is 0.216. The van der Waals surface area contributed by atoms with Crippen LogP contribution in [0.5, 0.6) is 11.5 Å². The number of aryl methyl sites for hydroxylation is 2. The largest absolute Gasteiger partial charge is 0.464 e. The molecule has 0 saturated heterocycles. The summed E-state index contributed by atoms with van der Waals surface area (Å²) in [7, 11) is 1.71. The Morgan fingerprint density at radius 2 is 1.89 bits per heavy atom. The first kappa shape index (κ1) is 27.0. The van der Waals surface area contributed by atoms with E-state index in [0.717, 1.165) is 63.0 Å². The maximum atomic E-state index is 6.48. The molecule has 0 spiro atoms. The van der Waals surface area contributed by atoms with E-state index in [1.54, 1.807) is 18.9 Å². The van der Waals surface area contributed by atoms with Crippen LogP contribution >= 0.6 is 27.7 Å². The summed E-state index contributed by atoms with van der Waals surface area (Å²) < 4.78 is 24.1. The highest BCUT2D eigenvalue weighted by atomic mass is 79.9. The van der Waals surface area contributed by atoms with E-state index in [4.69, 9.17) is 28.9 Å². The van der Waals surface area contributed by atoms with Gasteiger partial charge in [0.05, 0.1) is 6.61 Å². The fourth-order valence-corrected chi connectivity index (χ4v) is 6.33. The molecule has 8 heteroatoms. The van der Waals surface area contributed by atoms with E-state index < -0.39 is 0 Å². The third-order valence-electron chi connectivity index (χ3n) is 6.76. The van der Waals surface area contributed by atoms with E-state index in [9.17, 15) is 0 Å². The Morgan fingerprint density at radius 3 is 2.66 bits per heavy atom. The van der Waals surface area contributed by atoms with Crippen LogP contribution in [-0.4, -0.2) is 42.9 Å². The van der Waals surface area contributed by atoms with Crippen molar-refractivity contribution in [2.45, 2.75) is 61.8 Å². The van der Waals surface area contributed by atoms with Gasteiger partial charge in [-0.2, -0.15) is 0 Å². The fraction of sp³-hybridized carbons (Fsp3) is 0.400.